The number of thioether (sulfide) groups is 1. The molecule has 1 atom stereocenters. The molecule has 0 radical (unpaired) electrons. The molecule has 2 aromatic carbocycles. The van der Waals surface area contributed by atoms with E-state index in [2.05, 4.69) is 22.1 Å². The first-order valence-electron chi connectivity index (χ1n) is 12.4. The van der Waals surface area contributed by atoms with Gasteiger partial charge in [-0.2, -0.15) is 0 Å². The normalized spacial score (nSPS) is 11.6. The van der Waals surface area contributed by atoms with Crippen LogP contribution in [0, 0.1) is 13.8 Å². The van der Waals surface area contributed by atoms with Crippen molar-refractivity contribution in [3.63, 3.8) is 0 Å². The lowest BCUT2D eigenvalue weighted by Crippen LogP contribution is -2.17. The first-order chi connectivity index (χ1) is 19.2. The van der Waals surface area contributed by atoms with Gasteiger partial charge < -0.3 is 14.8 Å². The highest BCUT2D eigenvalue weighted by Crippen LogP contribution is 2.37. The number of hydrogen-bond acceptors (Lipinski definition) is 8. The fourth-order valence-corrected chi connectivity index (χ4v) is 5.85. The summed E-state index contributed by atoms with van der Waals surface area (Å²) in [5, 5.41) is 14.9. The summed E-state index contributed by atoms with van der Waals surface area (Å²) in [6, 6.07) is 13.0. The van der Waals surface area contributed by atoms with Crippen molar-refractivity contribution in [1.29, 1.82) is 0 Å². The van der Waals surface area contributed by atoms with Gasteiger partial charge in [0.25, 0.3) is 0 Å². The maximum Gasteiger partial charge on any atom is 0.341 e. The third-order valence-corrected chi connectivity index (χ3v) is 8.31. The van der Waals surface area contributed by atoms with Crippen molar-refractivity contribution in [1.82, 2.24) is 14.8 Å². The number of anilines is 1. The molecule has 0 fully saturated rings. The summed E-state index contributed by atoms with van der Waals surface area (Å²) >= 11 is 8.50. The molecular weight excluding hydrogens is 568 g/mol. The maximum atomic E-state index is 13.0. The molecule has 1 N–H and O–H groups in total. The summed E-state index contributed by atoms with van der Waals surface area (Å²) in [4.78, 5) is 25.6. The Morgan fingerprint density at radius 1 is 1.20 bits per heavy atom. The molecule has 11 heteroatoms. The van der Waals surface area contributed by atoms with Crippen molar-refractivity contribution in [3.05, 3.63) is 88.0 Å². The van der Waals surface area contributed by atoms with Gasteiger partial charge in [-0.15, -0.1) is 28.1 Å². The summed E-state index contributed by atoms with van der Waals surface area (Å²) in [6.45, 7) is 10.3. The SMILES string of the molecule is C=CCn1c(SCC(=O)Nc2scc(-c3ccc(Cl)cc3)c2C(=O)OC)nnc1C(C)Oc1cccc(C)c1C. The summed E-state index contributed by atoms with van der Waals surface area (Å²) in [7, 11) is 1.31. The van der Waals surface area contributed by atoms with Crippen molar-refractivity contribution in [3.8, 4) is 16.9 Å². The van der Waals surface area contributed by atoms with Crippen LogP contribution in [-0.4, -0.2) is 39.5 Å². The van der Waals surface area contributed by atoms with E-state index in [4.69, 9.17) is 21.1 Å². The van der Waals surface area contributed by atoms with Crippen LogP contribution in [0.15, 0.2) is 65.7 Å². The summed E-state index contributed by atoms with van der Waals surface area (Å²) < 4.78 is 13.1. The smallest absolute Gasteiger partial charge is 0.341 e. The molecule has 1 amide bonds. The lowest BCUT2D eigenvalue weighted by Gasteiger charge is -2.18. The molecule has 0 saturated heterocycles. The van der Waals surface area contributed by atoms with Crippen LogP contribution in [0.4, 0.5) is 5.00 Å². The molecule has 2 aromatic heterocycles. The number of aryl methyl sites for hydroxylation is 1. The molecule has 0 bridgehead atoms. The van der Waals surface area contributed by atoms with Crippen molar-refractivity contribution in [2.45, 2.75) is 38.6 Å². The van der Waals surface area contributed by atoms with Crippen LogP contribution in [0.3, 0.4) is 0 Å². The molecule has 208 valence electrons. The Labute approximate surface area is 246 Å². The highest BCUT2D eigenvalue weighted by atomic mass is 35.5. The molecule has 1 unspecified atom stereocenters. The number of allylic oxidation sites excluding steroid dienone is 1. The third kappa shape index (κ3) is 6.57. The minimum absolute atomic E-state index is 0.0519. The molecule has 8 nitrogen and oxygen atoms in total. The average Bonchev–Trinajstić information content (AvgIpc) is 3.54. The molecule has 40 heavy (non-hydrogen) atoms. The van der Waals surface area contributed by atoms with Gasteiger partial charge in [0.2, 0.25) is 5.91 Å². The molecule has 2 heterocycles. The van der Waals surface area contributed by atoms with Gasteiger partial charge in [-0.3, -0.25) is 9.36 Å². The highest BCUT2D eigenvalue weighted by molar-refractivity contribution is 7.99. The van der Waals surface area contributed by atoms with E-state index in [1.54, 1.807) is 18.2 Å². The van der Waals surface area contributed by atoms with Gasteiger partial charge in [0.15, 0.2) is 17.1 Å². The zero-order chi connectivity index (χ0) is 28.8. The second kappa shape index (κ2) is 13.2. The van der Waals surface area contributed by atoms with Crippen LogP contribution in [-0.2, 0) is 16.1 Å². The first-order valence-corrected chi connectivity index (χ1v) is 14.6. The summed E-state index contributed by atoms with van der Waals surface area (Å²) in [5.74, 6) is 0.625. The van der Waals surface area contributed by atoms with Crippen LogP contribution in [0.5, 0.6) is 5.75 Å². The number of benzene rings is 2. The number of nitrogens with zero attached hydrogens (tertiary/aromatic N) is 3. The lowest BCUT2D eigenvalue weighted by molar-refractivity contribution is -0.113. The van der Waals surface area contributed by atoms with E-state index in [0.717, 1.165) is 22.4 Å². The zero-order valence-corrected chi connectivity index (χ0v) is 25.0. The number of halogens is 1. The van der Waals surface area contributed by atoms with Gasteiger partial charge in [-0.1, -0.05) is 53.7 Å². The molecule has 4 aromatic rings. The van der Waals surface area contributed by atoms with Crippen molar-refractivity contribution >= 4 is 51.6 Å². The Kier molecular flexibility index (Phi) is 9.67. The molecule has 0 saturated carbocycles. The van der Waals surface area contributed by atoms with Gasteiger partial charge in [0.05, 0.1) is 12.9 Å². The van der Waals surface area contributed by atoms with Gasteiger partial charge in [0, 0.05) is 22.5 Å². The molecule has 4 rings (SSSR count). The molecular formula is C29H29ClN4O4S2. The molecule has 0 aliphatic carbocycles. The van der Waals surface area contributed by atoms with Crippen LogP contribution in [0.25, 0.3) is 11.1 Å². The topological polar surface area (TPSA) is 95.3 Å². The summed E-state index contributed by atoms with van der Waals surface area (Å²) in [5.41, 5.74) is 3.95. The number of carbonyl (C=O) groups is 2. The molecule has 0 spiro atoms. The maximum absolute atomic E-state index is 13.0. The highest BCUT2D eigenvalue weighted by Gasteiger charge is 2.24. The number of amides is 1. The number of methoxy groups -OCH3 is 1. The largest absolute Gasteiger partial charge is 0.482 e. The Balaban J connectivity index is 1.48. The average molecular weight is 597 g/mol. The number of esters is 1. The number of nitrogens with one attached hydrogen (secondary N) is 1. The molecule has 0 aliphatic heterocycles. The van der Waals surface area contributed by atoms with E-state index in [0.29, 0.717) is 38.7 Å². The number of thiophene rings is 1. The Bertz CT molecular complexity index is 1530. The molecule has 0 aliphatic rings. The number of ether oxygens (including phenoxy) is 2. The number of rotatable bonds is 11. The number of aromatic nitrogens is 3. The van der Waals surface area contributed by atoms with E-state index in [-0.39, 0.29) is 17.8 Å². The number of hydrogen-bond donors (Lipinski definition) is 1. The number of carbonyl (C=O) groups excluding carboxylic acids is 2. The van der Waals surface area contributed by atoms with E-state index in [1.807, 2.05) is 61.1 Å². The van der Waals surface area contributed by atoms with Crippen LogP contribution in [0.1, 0.15) is 40.3 Å². The van der Waals surface area contributed by atoms with E-state index >= 15 is 0 Å². The van der Waals surface area contributed by atoms with Gasteiger partial charge in [-0.05, 0) is 55.7 Å². The van der Waals surface area contributed by atoms with E-state index in [1.165, 1.54) is 30.2 Å². The standard InChI is InChI=1S/C29H29ClN4O4S2/c1-6-14-34-26(19(4)38-23-9-7-8-17(2)18(23)3)32-33-29(34)40-16-24(35)31-27-25(28(36)37-5)22(15-39-27)20-10-12-21(30)13-11-20/h6-13,15,19H,1,14,16H2,2-5H3,(H,31,35). The zero-order valence-electron chi connectivity index (χ0n) is 22.6. The second-order valence-electron chi connectivity index (χ2n) is 8.89. The van der Waals surface area contributed by atoms with Crippen LogP contribution in [0.2, 0.25) is 5.02 Å². The van der Waals surface area contributed by atoms with Crippen LogP contribution >= 0.6 is 34.7 Å². The predicted octanol–water partition coefficient (Wildman–Crippen LogP) is 7.12. The van der Waals surface area contributed by atoms with Crippen molar-refractivity contribution in [2.24, 2.45) is 0 Å². The minimum Gasteiger partial charge on any atom is -0.482 e. The van der Waals surface area contributed by atoms with E-state index < -0.39 is 5.97 Å². The fourth-order valence-electron chi connectivity index (χ4n) is 3.99. The second-order valence-corrected chi connectivity index (χ2v) is 11.1. The Morgan fingerprint density at radius 3 is 2.65 bits per heavy atom. The monoisotopic (exact) mass is 596 g/mol. The van der Waals surface area contributed by atoms with Gasteiger partial charge in [-0.25, -0.2) is 4.79 Å². The Morgan fingerprint density at radius 2 is 1.95 bits per heavy atom. The van der Waals surface area contributed by atoms with Crippen molar-refractivity contribution < 1.29 is 19.1 Å². The minimum atomic E-state index is -0.539. The van der Waals surface area contributed by atoms with Crippen LogP contribution < -0.4 is 10.1 Å². The van der Waals surface area contributed by atoms with E-state index in [9.17, 15) is 9.59 Å². The quantitative estimate of drug-likeness (QED) is 0.112. The third-order valence-electron chi connectivity index (χ3n) is 6.20. The first kappa shape index (κ1) is 29.4. The van der Waals surface area contributed by atoms with Gasteiger partial charge >= 0.3 is 5.97 Å². The van der Waals surface area contributed by atoms with Crippen molar-refractivity contribution in [2.75, 3.05) is 18.2 Å². The summed E-state index contributed by atoms with van der Waals surface area (Å²) in [6.07, 6.45) is 1.37. The fraction of sp³-hybridized carbons (Fsp3) is 0.241. The predicted molar refractivity (Wildman–Crippen MR) is 161 cm³/mol. The van der Waals surface area contributed by atoms with Gasteiger partial charge in [0.1, 0.15) is 16.3 Å². The lowest BCUT2D eigenvalue weighted by atomic mass is 10.0. The Hall–Kier alpha value is -3.60.